The topological polar surface area (TPSA) is 32.3 Å². The highest BCUT2D eigenvalue weighted by Gasteiger charge is 2.76. The third kappa shape index (κ3) is 4.06. The van der Waals surface area contributed by atoms with Gasteiger partial charge in [-0.25, -0.2) is 0 Å². The maximum Gasteiger partial charge on any atom is 0.138 e. The molecule has 0 spiro atoms. The minimum atomic E-state index is -0.163. The van der Waals surface area contributed by atoms with Crippen LogP contribution in [-0.4, -0.2) is 42.4 Å². The van der Waals surface area contributed by atoms with Crippen molar-refractivity contribution in [1.29, 1.82) is 0 Å². The van der Waals surface area contributed by atoms with Gasteiger partial charge in [0.15, 0.2) is 0 Å². The van der Waals surface area contributed by atoms with Crippen LogP contribution in [0, 0.1) is 50.7 Å². The number of allylic oxidation sites excluding steroid dienone is 1. The molecule has 5 saturated carbocycles. The number of carbonyl (C=O) groups excluding carboxylic acids is 1. The van der Waals surface area contributed by atoms with Crippen LogP contribution in [-0.2, 0) is 4.79 Å². The van der Waals surface area contributed by atoms with E-state index >= 15 is 0 Å². The maximum absolute atomic E-state index is 13.2. The molecule has 1 aliphatic heterocycles. The lowest BCUT2D eigenvalue weighted by Gasteiger charge is -2.77. The summed E-state index contributed by atoms with van der Waals surface area (Å²) < 4.78 is 0. The molecule has 42 heavy (non-hydrogen) atoms. The second-order valence-electron chi connectivity index (χ2n) is 17.7. The number of likely N-dealkylation sites (tertiary alicyclic amines) is 1. The highest BCUT2D eigenvalue weighted by Crippen LogP contribution is 2.81. The van der Waals surface area contributed by atoms with Crippen molar-refractivity contribution < 1.29 is 4.79 Å². The van der Waals surface area contributed by atoms with Crippen molar-refractivity contribution in [1.82, 2.24) is 10.2 Å². The summed E-state index contributed by atoms with van der Waals surface area (Å²) >= 11 is 0. The third-order valence-corrected chi connectivity index (χ3v) is 16.4. The van der Waals surface area contributed by atoms with Gasteiger partial charge in [0.1, 0.15) is 5.78 Å². The average molecular weight is 579 g/mol. The highest BCUT2D eigenvalue weighted by atomic mass is 16.1. The molecule has 0 radical (unpaired) electrons. The fourth-order valence-corrected chi connectivity index (χ4v) is 14.7. The standard InChI is InChI=1S/C39H66N2O/c1-9-37-20-16-31-35(7)18-17-32(42)34(5,6)30(35)15-19-36(31,8)39(37,10-2)23-22-38(21-14-29(28(3)4)33(37)38)40-24-27-41-25-12-11-13-26-41/h29-31,33,40H,3,9-27H2,1-2,4-8H3/t29-,30-,31+,33+,35-,36+,37+,38?,39-/m0/s1. The molecule has 238 valence electrons. The summed E-state index contributed by atoms with van der Waals surface area (Å²) in [6, 6.07) is 0. The molecule has 9 atom stereocenters. The lowest BCUT2D eigenvalue weighted by Crippen LogP contribution is -2.73. The van der Waals surface area contributed by atoms with E-state index in [4.69, 9.17) is 0 Å². The largest absolute Gasteiger partial charge is 0.310 e. The molecule has 6 rings (SSSR count). The zero-order valence-corrected chi connectivity index (χ0v) is 28.8. The molecule has 5 aliphatic carbocycles. The number of Topliss-reactive ketones (excluding diaryl/α,β-unsaturated/α-hetero) is 1. The summed E-state index contributed by atoms with van der Waals surface area (Å²) in [6.45, 7) is 27.2. The quantitative estimate of drug-likeness (QED) is 0.306. The van der Waals surface area contributed by atoms with E-state index in [1.54, 1.807) is 0 Å². The van der Waals surface area contributed by atoms with Crippen molar-refractivity contribution in [3.8, 4) is 0 Å². The Morgan fingerprint density at radius 3 is 2.26 bits per heavy atom. The predicted octanol–water partition coefficient (Wildman–Crippen LogP) is 9.21. The van der Waals surface area contributed by atoms with Crippen LogP contribution in [0.25, 0.3) is 0 Å². The number of nitrogens with one attached hydrogen (secondary N) is 1. The van der Waals surface area contributed by atoms with Crippen LogP contribution in [0.1, 0.15) is 145 Å². The van der Waals surface area contributed by atoms with Gasteiger partial charge in [-0.3, -0.25) is 4.79 Å². The average Bonchev–Trinajstić information content (AvgIpc) is 3.36. The zero-order valence-electron chi connectivity index (χ0n) is 28.8. The Morgan fingerprint density at radius 2 is 1.60 bits per heavy atom. The van der Waals surface area contributed by atoms with Gasteiger partial charge in [0.05, 0.1) is 0 Å². The van der Waals surface area contributed by atoms with Crippen LogP contribution < -0.4 is 5.32 Å². The van der Waals surface area contributed by atoms with Crippen molar-refractivity contribution in [2.45, 2.75) is 150 Å². The number of piperidine rings is 1. The van der Waals surface area contributed by atoms with Gasteiger partial charge in [-0.15, -0.1) is 0 Å². The van der Waals surface area contributed by atoms with Crippen LogP contribution in [0.3, 0.4) is 0 Å². The summed E-state index contributed by atoms with van der Waals surface area (Å²) in [6.07, 6.45) is 19.5. The van der Waals surface area contributed by atoms with Crippen molar-refractivity contribution in [3.63, 3.8) is 0 Å². The zero-order chi connectivity index (χ0) is 30.2. The van der Waals surface area contributed by atoms with E-state index in [2.05, 4.69) is 65.3 Å². The van der Waals surface area contributed by atoms with Crippen molar-refractivity contribution >= 4 is 5.78 Å². The Hall–Kier alpha value is -0.670. The van der Waals surface area contributed by atoms with E-state index in [1.165, 1.54) is 109 Å². The Morgan fingerprint density at radius 1 is 0.881 bits per heavy atom. The molecule has 0 aromatic carbocycles. The first-order chi connectivity index (χ1) is 19.9. The fraction of sp³-hybridized carbons (Fsp3) is 0.923. The predicted molar refractivity (Wildman–Crippen MR) is 176 cm³/mol. The van der Waals surface area contributed by atoms with Crippen molar-refractivity contribution in [2.75, 3.05) is 26.2 Å². The summed E-state index contributed by atoms with van der Waals surface area (Å²) in [7, 11) is 0. The normalized spacial score (nSPS) is 48.6. The Bertz CT molecular complexity index is 1060. The van der Waals surface area contributed by atoms with Crippen LogP contribution in [0.5, 0.6) is 0 Å². The van der Waals surface area contributed by atoms with Gasteiger partial charge in [-0.2, -0.15) is 0 Å². The molecule has 1 N–H and O–H groups in total. The van der Waals surface area contributed by atoms with Gasteiger partial charge in [-0.1, -0.05) is 60.1 Å². The molecule has 3 nitrogen and oxygen atoms in total. The van der Waals surface area contributed by atoms with Gasteiger partial charge >= 0.3 is 0 Å². The van der Waals surface area contributed by atoms with Crippen LogP contribution in [0.4, 0.5) is 0 Å². The molecular formula is C39H66N2O. The molecule has 0 amide bonds. The number of nitrogens with zero attached hydrogens (tertiary/aromatic N) is 1. The molecule has 1 saturated heterocycles. The van der Waals surface area contributed by atoms with Crippen LogP contribution in [0.2, 0.25) is 0 Å². The Kier molecular flexibility index (Phi) is 7.98. The molecule has 0 aromatic heterocycles. The monoisotopic (exact) mass is 579 g/mol. The molecule has 0 aromatic rings. The molecule has 0 bridgehead atoms. The molecule has 1 unspecified atom stereocenters. The van der Waals surface area contributed by atoms with E-state index in [1.807, 2.05) is 0 Å². The van der Waals surface area contributed by atoms with Gasteiger partial charge in [-0.05, 0) is 149 Å². The second-order valence-corrected chi connectivity index (χ2v) is 17.7. The molecular weight excluding hydrogens is 512 g/mol. The number of ketones is 1. The van der Waals surface area contributed by atoms with Crippen molar-refractivity contribution in [2.24, 2.45) is 50.7 Å². The number of hydrogen-bond donors (Lipinski definition) is 1. The van der Waals surface area contributed by atoms with E-state index in [0.717, 1.165) is 25.3 Å². The van der Waals surface area contributed by atoms with Crippen molar-refractivity contribution in [3.05, 3.63) is 12.2 Å². The van der Waals surface area contributed by atoms with E-state index in [-0.39, 0.29) is 16.4 Å². The lowest BCUT2D eigenvalue weighted by atomic mass is 9.28. The minimum Gasteiger partial charge on any atom is -0.310 e. The third-order valence-electron chi connectivity index (χ3n) is 16.4. The van der Waals surface area contributed by atoms with Crippen LogP contribution >= 0.6 is 0 Å². The van der Waals surface area contributed by atoms with Crippen LogP contribution in [0.15, 0.2) is 12.2 Å². The SMILES string of the molecule is C=C(C)[C@@H]1CCC2(NCCN3CCCCC3)CC[C@]3(CC)[C@](CC)(CC[C@@H]4[C@@]5(C)CCC(=O)C(C)(C)[C@@H]5CC[C@]43C)[C@@H]12. The fourth-order valence-electron chi connectivity index (χ4n) is 14.7. The van der Waals surface area contributed by atoms with E-state index in [0.29, 0.717) is 39.8 Å². The number of fused-ring (bicyclic) bond motifs is 7. The van der Waals surface area contributed by atoms with Gasteiger partial charge in [0.2, 0.25) is 0 Å². The minimum absolute atomic E-state index is 0.163. The smallest absolute Gasteiger partial charge is 0.138 e. The van der Waals surface area contributed by atoms with Gasteiger partial charge in [0, 0.05) is 30.5 Å². The Balaban J connectivity index is 1.38. The number of carbonyl (C=O) groups is 1. The first kappa shape index (κ1) is 31.3. The molecule has 3 heteroatoms. The number of hydrogen-bond acceptors (Lipinski definition) is 3. The summed E-state index contributed by atoms with van der Waals surface area (Å²) in [5.41, 5.74) is 2.94. The number of rotatable bonds is 7. The second kappa shape index (κ2) is 10.7. The highest BCUT2D eigenvalue weighted by molar-refractivity contribution is 5.85. The summed E-state index contributed by atoms with van der Waals surface area (Å²) in [5.74, 6) is 3.17. The lowest BCUT2D eigenvalue weighted by molar-refractivity contribution is -0.276. The maximum atomic E-state index is 13.2. The molecule has 1 heterocycles. The molecule has 6 aliphatic rings. The van der Waals surface area contributed by atoms with E-state index < -0.39 is 0 Å². The molecule has 6 fully saturated rings. The Labute approximate surface area is 259 Å². The summed E-state index contributed by atoms with van der Waals surface area (Å²) in [5, 5.41) is 4.40. The van der Waals surface area contributed by atoms with E-state index in [9.17, 15) is 4.79 Å². The van der Waals surface area contributed by atoms with Gasteiger partial charge in [0.25, 0.3) is 0 Å². The first-order valence-corrected chi connectivity index (χ1v) is 18.5. The van der Waals surface area contributed by atoms with Gasteiger partial charge < -0.3 is 10.2 Å². The first-order valence-electron chi connectivity index (χ1n) is 18.5. The summed E-state index contributed by atoms with van der Waals surface area (Å²) in [4.78, 5) is 16.0.